The molecule has 0 aromatic heterocycles. The molecule has 0 heterocycles. The minimum absolute atomic E-state index is 0.567. The van der Waals surface area contributed by atoms with Crippen molar-refractivity contribution in [3.05, 3.63) is 47.5 Å². The lowest BCUT2D eigenvalue weighted by Gasteiger charge is -2.05. The first-order valence-corrected chi connectivity index (χ1v) is 5.42. The zero-order valence-corrected chi connectivity index (χ0v) is 9.40. The normalized spacial score (nSPS) is 12.6. The molecule has 1 heteroatoms. The van der Waals surface area contributed by atoms with E-state index in [0.29, 0.717) is 5.92 Å². The molecule has 0 saturated heterocycles. The number of rotatable bonds is 4. The summed E-state index contributed by atoms with van der Waals surface area (Å²) >= 11 is 0. The molecule has 15 heavy (non-hydrogen) atoms. The number of nitrogens with zero attached hydrogens (tertiary/aromatic N) is 1. The Labute approximate surface area is 92.1 Å². The molecular weight excluding hydrogens is 182 g/mol. The molecule has 0 amide bonds. The predicted molar refractivity (Wildman–Crippen MR) is 63.5 cm³/mol. The molecule has 1 aromatic carbocycles. The Balaban J connectivity index is 2.58. The van der Waals surface area contributed by atoms with E-state index in [1.54, 1.807) is 0 Å². The average molecular weight is 199 g/mol. The Morgan fingerprint density at radius 1 is 1.33 bits per heavy atom. The van der Waals surface area contributed by atoms with E-state index < -0.39 is 0 Å². The minimum Gasteiger partial charge on any atom is -0.192 e. The summed E-state index contributed by atoms with van der Waals surface area (Å²) in [6.07, 6.45) is 6.59. The summed E-state index contributed by atoms with van der Waals surface area (Å²) in [6.45, 7) is 4.36. The second kappa shape index (κ2) is 6.03. The second-order valence-electron chi connectivity index (χ2n) is 3.83. The van der Waals surface area contributed by atoms with Gasteiger partial charge in [0, 0.05) is 0 Å². The van der Waals surface area contributed by atoms with Crippen molar-refractivity contribution in [1.29, 1.82) is 5.26 Å². The summed E-state index contributed by atoms with van der Waals surface area (Å²) in [4.78, 5) is 0. The average Bonchev–Trinajstić information content (AvgIpc) is 2.27. The summed E-state index contributed by atoms with van der Waals surface area (Å²) in [5, 5.41) is 8.67. The summed E-state index contributed by atoms with van der Waals surface area (Å²) in [7, 11) is 0. The van der Waals surface area contributed by atoms with Gasteiger partial charge in [0.1, 0.15) is 0 Å². The zero-order chi connectivity index (χ0) is 11.1. The van der Waals surface area contributed by atoms with Gasteiger partial charge in [-0.25, -0.2) is 0 Å². The van der Waals surface area contributed by atoms with Crippen LogP contribution in [-0.2, 0) is 6.42 Å². The number of allylic oxidation sites excluding steroid dienone is 2. The van der Waals surface area contributed by atoms with Gasteiger partial charge in [-0.15, -0.1) is 0 Å². The number of hydrogen-bond acceptors (Lipinski definition) is 1. The van der Waals surface area contributed by atoms with Crippen molar-refractivity contribution in [3.8, 4) is 6.07 Å². The van der Waals surface area contributed by atoms with Crippen molar-refractivity contribution in [2.24, 2.45) is 5.92 Å². The SMILES string of the molecule is CC/C=C\C(C)Cc1ccc(C#N)cc1. The third-order valence-corrected chi connectivity index (χ3v) is 2.34. The van der Waals surface area contributed by atoms with Crippen LogP contribution in [0.15, 0.2) is 36.4 Å². The van der Waals surface area contributed by atoms with Crippen LogP contribution in [0.5, 0.6) is 0 Å². The Hall–Kier alpha value is -1.55. The molecular formula is C14H17N. The van der Waals surface area contributed by atoms with Crippen molar-refractivity contribution in [2.45, 2.75) is 26.7 Å². The quantitative estimate of drug-likeness (QED) is 0.678. The molecule has 1 rings (SSSR count). The van der Waals surface area contributed by atoms with Crippen LogP contribution < -0.4 is 0 Å². The predicted octanol–water partition coefficient (Wildman–Crippen LogP) is 3.70. The highest BCUT2D eigenvalue weighted by molar-refractivity contribution is 5.31. The fraction of sp³-hybridized carbons (Fsp3) is 0.357. The smallest absolute Gasteiger partial charge is 0.0991 e. The van der Waals surface area contributed by atoms with Crippen LogP contribution in [0.2, 0.25) is 0 Å². The van der Waals surface area contributed by atoms with Crippen molar-refractivity contribution in [2.75, 3.05) is 0 Å². The van der Waals surface area contributed by atoms with Gasteiger partial charge in [-0.3, -0.25) is 0 Å². The van der Waals surface area contributed by atoms with Crippen LogP contribution in [0.25, 0.3) is 0 Å². The third-order valence-electron chi connectivity index (χ3n) is 2.34. The molecule has 0 fully saturated rings. The van der Waals surface area contributed by atoms with E-state index in [-0.39, 0.29) is 0 Å². The van der Waals surface area contributed by atoms with Crippen molar-refractivity contribution in [1.82, 2.24) is 0 Å². The molecule has 1 unspecified atom stereocenters. The Morgan fingerprint density at radius 2 is 2.00 bits per heavy atom. The lowest BCUT2D eigenvalue weighted by atomic mass is 10.00. The fourth-order valence-corrected chi connectivity index (χ4v) is 1.52. The van der Waals surface area contributed by atoms with Gasteiger partial charge in [0.25, 0.3) is 0 Å². The topological polar surface area (TPSA) is 23.8 Å². The first-order chi connectivity index (χ1) is 7.26. The van der Waals surface area contributed by atoms with Crippen LogP contribution in [-0.4, -0.2) is 0 Å². The highest BCUT2D eigenvalue weighted by atomic mass is 14.2. The zero-order valence-electron chi connectivity index (χ0n) is 9.40. The van der Waals surface area contributed by atoms with Crippen molar-refractivity contribution in [3.63, 3.8) is 0 Å². The van der Waals surface area contributed by atoms with Gasteiger partial charge in [0.05, 0.1) is 11.6 Å². The number of nitriles is 1. The molecule has 0 aliphatic carbocycles. The largest absolute Gasteiger partial charge is 0.192 e. The monoisotopic (exact) mass is 199 g/mol. The van der Waals surface area contributed by atoms with Gasteiger partial charge in [-0.2, -0.15) is 5.26 Å². The van der Waals surface area contributed by atoms with E-state index in [9.17, 15) is 0 Å². The first kappa shape index (κ1) is 11.5. The van der Waals surface area contributed by atoms with E-state index in [4.69, 9.17) is 5.26 Å². The molecule has 0 N–H and O–H groups in total. The highest BCUT2D eigenvalue weighted by Crippen LogP contribution is 2.11. The van der Waals surface area contributed by atoms with E-state index in [1.807, 2.05) is 24.3 Å². The standard InChI is InChI=1S/C14H17N/c1-3-4-5-12(2)10-13-6-8-14(11-15)9-7-13/h4-9,12H,3,10H2,1-2H3/b5-4-. The van der Waals surface area contributed by atoms with E-state index in [2.05, 4.69) is 32.1 Å². The Morgan fingerprint density at radius 3 is 2.53 bits per heavy atom. The molecule has 0 saturated carbocycles. The van der Waals surface area contributed by atoms with Crippen LogP contribution in [0.3, 0.4) is 0 Å². The summed E-state index contributed by atoms with van der Waals surface area (Å²) in [5.41, 5.74) is 2.03. The summed E-state index contributed by atoms with van der Waals surface area (Å²) in [6, 6.07) is 9.96. The molecule has 0 bridgehead atoms. The van der Waals surface area contributed by atoms with Gasteiger partial charge >= 0.3 is 0 Å². The van der Waals surface area contributed by atoms with Crippen LogP contribution in [0.1, 0.15) is 31.4 Å². The van der Waals surface area contributed by atoms with Gasteiger partial charge in [-0.1, -0.05) is 38.1 Å². The first-order valence-electron chi connectivity index (χ1n) is 5.42. The minimum atomic E-state index is 0.567. The van der Waals surface area contributed by atoms with E-state index >= 15 is 0 Å². The maximum absolute atomic E-state index is 8.67. The maximum Gasteiger partial charge on any atom is 0.0991 e. The highest BCUT2D eigenvalue weighted by Gasteiger charge is 1.99. The summed E-state index contributed by atoms with van der Waals surface area (Å²) < 4.78 is 0. The van der Waals surface area contributed by atoms with Gasteiger partial charge in [0.2, 0.25) is 0 Å². The molecule has 1 aromatic rings. The van der Waals surface area contributed by atoms with Crippen molar-refractivity contribution >= 4 is 0 Å². The molecule has 0 spiro atoms. The molecule has 0 radical (unpaired) electrons. The third kappa shape index (κ3) is 3.99. The molecule has 0 aliphatic rings. The lowest BCUT2D eigenvalue weighted by molar-refractivity contribution is 0.720. The van der Waals surface area contributed by atoms with Gasteiger partial charge in [-0.05, 0) is 36.5 Å². The Bertz CT molecular complexity index is 354. The molecule has 1 nitrogen and oxygen atoms in total. The summed E-state index contributed by atoms with van der Waals surface area (Å²) in [5.74, 6) is 0.567. The Kier molecular flexibility index (Phi) is 4.63. The van der Waals surface area contributed by atoms with Crippen LogP contribution in [0, 0.1) is 17.2 Å². The van der Waals surface area contributed by atoms with Crippen LogP contribution in [0.4, 0.5) is 0 Å². The number of benzene rings is 1. The maximum atomic E-state index is 8.67. The molecule has 78 valence electrons. The van der Waals surface area contributed by atoms with Crippen molar-refractivity contribution < 1.29 is 0 Å². The lowest BCUT2D eigenvalue weighted by Crippen LogP contribution is -1.95. The van der Waals surface area contributed by atoms with E-state index in [0.717, 1.165) is 18.4 Å². The van der Waals surface area contributed by atoms with Gasteiger partial charge < -0.3 is 0 Å². The molecule has 1 atom stereocenters. The second-order valence-corrected chi connectivity index (χ2v) is 3.83. The fourth-order valence-electron chi connectivity index (χ4n) is 1.52. The van der Waals surface area contributed by atoms with Crippen LogP contribution >= 0.6 is 0 Å². The van der Waals surface area contributed by atoms with Gasteiger partial charge in [0.15, 0.2) is 0 Å². The molecule has 0 aliphatic heterocycles. The number of hydrogen-bond donors (Lipinski definition) is 0. The van der Waals surface area contributed by atoms with E-state index in [1.165, 1.54) is 5.56 Å².